The first-order valence-corrected chi connectivity index (χ1v) is 10.1. The lowest BCUT2D eigenvalue weighted by atomic mass is 10.1. The van der Waals surface area contributed by atoms with Gasteiger partial charge in [0.2, 0.25) is 5.88 Å². The van der Waals surface area contributed by atoms with E-state index in [-0.39, 0.29) is 32.7 Å². The van der Waals surface area contributed by atoms with E-state index in [1.165, 1.54) is 31.4 Å². The number of methoxy groups -OCH3 is 1. The molecule has 0 radical (unpaired) electrons. The topological polar surface area (TPSA) is 92.1 Å². The second-order valence-corrected chi connectivity index (χ2v) is 8.12. The zero-order valence-electron chi connectivity index (χ0n) is 14.5. The third kappa shape index (κ3) is 4.04. The predicted octanol–water partition coefficient (Wildman–Crippen LogP) is 4.74. The van der Waals surface area contributed by atoms with E-state index in [0.29, 0.717) is 10.6 Å². The first-order chi connectivity index (χ1) is 13.4. The summed E-state index contributed by atoms with van der Waals surface area (Å²) in [6.07, 6.45) is 0. The summed E-state index contributed by atoms with van der Waals surface area (Å²) in [6, 6.07) is 15.9. The summed E-state index contributed by atoms with van der Waals surface area (Å²) in [4.78, 5) is 4.37. The van der Waals surface area contributed by atoms with E-state index in [4.69, 9.17) is 27.9 Å². The molecule has 0 atom stereocenters. The molecule has 0 fully saturated rings. The highest BCUT2D eigenvalue weighted by Crippen LogP contribution is 2.37. The fourth-order valence-corrected chi connectivity index (χ4v) is 4.08. The van der Waals surface area contributed by atoms with Crippen LogP contribution in [0.25, 0.3) is 11.3 Å². The van der Waals surface area contributed by atoms with Gasteiger partial charge in [-0.3, -0.25) is 4.72 Å². The number of hydrogen-bond acceptors (Lipinski definition) is 5. The van der Waals surface area contributed by atoms with Gasteiger partial charge in [-0.2, -0.15) is 5.26 Å². The standard InChI is InChI=1S/C19H13Cl2N3O3S/c1-27-19-12(11-22)9-17(24-28(25,26)14-5-3-2-4-6-14)18(23-19)15-8-7-13(20)10-16(15)21/h2-10,24H,1H3. The van der Waals surface area contributed by atoms with Crippen LogP contribution in [0.2, 0.25) is 10.0 Å². The molecular formula is C19H13Cl2N3O3S. The van der Waals surface area contributed by atoms with Crippen LogP contribution in [0.15, 0.2) is 59.5 Å². The molecule has 0 saturated carbocycles. The molecule has 0 unspecified atom stereocenters. The number of hydrogen-bond donors (Lipinski definition) is 1. The van der Waals surface area contributed by atoms with E-state index in [9.17, 15) is 13.7 Å². The molecule has 0 amide bonds. The number of sulfonamides is 1. The Labute approximate surface area is 172 Å². The van der Waals surface area contributed by atoms with Crippen molar-refractivity contribution >= 4 is 38.9 Å². The van der Waals surface area contributed by atoms with Crippen molar-refractivity contribution in [3.63, 3.8) is 0 Å². The van der Waals surface area contributed by atoms with Crippen molar-refractivity contribution in [2.45, 2.75) is 4.90 Å². The molecule has 142 valence electrons. The van der Waals surface area contributed by atoms with Crippen molar-refractivity contribution in [1.82, 2.24) is 4.98 Å². The Morgan fingerprint density at radius 3 is 2.43 bits per heavy atom. The summed E-state index contributed by atoms with van der Waals surface area (Å²) >= 11 is 12.2. The number of anilines is 1. The largest absolute Gasteiger partial charge is 0.480 e. The fraction of sp³-hybridized carbons (Fsp3) is 0.0526. The Bertz CT molecular complexity index is 1180. The molecule has 3 rings (SSSR count). The monoisotopic (exact) mass is 433 g/mol. The average Bonchev–Trinajstić information content (AvgIpc) is 2.68. The second-order valence-electron chi connectivity index (χ2n) is 5.60. The molecule has 6 nitrogen and oxygen atoms in total. The van der Waals surface area contributed by atoms with Gasteiger partial charge in [-0.1, -0.05) is 41.4 Å². The Balaban J connectivity index is 2.20. The van der Waals surface area contributed by atoms with Gasteiger partial charge in [0.05, 0.1) is 28.4 Å². The number of ether oxygens (including phenoxy) is 1. The van der Waals surface area contributed by atoms with Crippen LogP contribution < -0.4 is 9.46 Å². The number of nitriles is 1. The molecule has 0 spiro atoms. The normalized spacial score (nSPS) is 10.9. The lowest BCUT2D eigenvalue weighted by molar-refractivity contribution is 0.397. The maximum absolute atomic E-state index is 12.8. The molecule has 3 aromatic rings. The number of halogens is 2. The fourth-order valence-electron chi connectivity index (χ4n) is 2.50. The minimum atomic E-state index is -3.92. The molecule has 0 aliphatic carbocycles. The van der Waals surface area contributed by atoms with Gasteiger partial charge in [0.1, 0.15) is 11.6 Å². The highest BCUT2D eigenvalue weighted by atomic mass is 35.5. The number of benzene rings is 2. The van der Waals surface area contributed by atoms with Crippen molar-refractivity contribution in [2.75, 3.05) is 11.8 Å². The number of aromatic nitrogens is 1. The lowest BCUT2D eigenvalue weighted by Gasteiger charge is -2.15. The van der Waals surface area contributed by atoms with E-state index in [2.05, 4.69) is 9.71 Å². The Hall–Kier alpha value is -2.79. The molecule has 1 aromatic heterocycles. The maximum atomic E-state index is 12.8. The third-order valence-corrected chi connectivity index (χ3v) is 5.71. The van der Waals surface area contributed by atoms with Gasteiger partial charge in [0, 0.05) is 10.6 Å². The van der Waals surface area contributed by atoms with E-state index in [0.717, 1.165) is 0 Å². The predicted molar refractivity (Wildman–Crippen MR) is 108 cm³/mol. The number of rotatable bonds is 5. The molecular weight excluding hydrogens is 421 g/mol. The van der Waals surface area contributed by atoms with Crippen LogP contribution >= 0.6 is 23.2 Å². The maximum Gasteiger partial charge on any atom is 0.261 e. The highest BCUT2D eigenvalue weighted by Gasteiger charge is 2.21. The molecule has 0 bridgehead atoms. The van der Waals surface area contributed by atoms with Crippen molar-refractivity contribution in [3.05, 3.63) is 70.2 Å². The molecule has 0 saturated heterocycles. The van der Waals surface area contributed by atoms with E-state index in [1.807, 2.05) is 6.07 Å². The summed E-state index contributed by atoms with van der Waals surface area (Å²) in [5, 5.41) is 10.0. The van der Waals surface area contributed by atoms with E-state index >= 15 is 0 Å². The van der Waals surface area contributed by atoms with Crippen LogP contribution in [-0.2, 0) is 10.0 Å². The molecule has 28 heavy (non-hydrogen) atoms. The zero-order chi connectivity index (χ0) is 20.3. The number of nitrogens with zero attached hydrogens (tertiary/aromatic N) is 2. The van der Waals surface area contributed by atoms with Gasteiger partial charge in [-0.05, 0) is 36.4 Å². The minimum Gasteiger partial charge on any atom is -0.480 e. The first kappa shape index (κ1) is 20.0. The number of nitrogens with one attached hydrogen (secondary N) is 1. The van der Waals surface area contributed by atoms with Gasteiger partial charge in [-0.15, -0.1) is 0 Å². The van der Waals surface area contributed by atoms with Crippen LogP contribution in [0.5, 0.6) is 5.88 Å². The second kappa shape index (κ2) is 8.07. The summed E-state index contributed by atoms with van der Waals surface area (Å²) in [5.41, 5.74) is 0.796. The van der Waals surface area contributed by atoms with Gasteiger partial charge >= 0.3 is 0 Å². The Kier molecular flexibility index (Phi) is 5.75. The molecule has 9 heteroatoms. The Morgan fingerprint density at radius 2 is 1.82 bits per heavy atom. The van der Waals surface area contributed by atoms with Gasteiger partial charge in [-0.25, -0.2) is 13.4 Å². The summed E-state index contributed by atoms with van der Waals surface area (Å²) in [6.45, 7) is 0. The lowest BCUT2D eigenvalue weighted by Crippen LogP contribution is -2.14. The Morgan fingerprint density at radius 1 is 1.11 bits per heavy atom. The van der Waals surface area contributed by atoms with Crippen molar-refractivity contribution in [3.8, 4) is 23.2 Å². The van der Waals surface area contributed by atoms with Crippen LogP contribution in [0.1, 0.15) is 5.56 Å². The SMILES string of the molecule is COc1nc(-c2ccc(Cl)cc2Cl)c(NS(=O)(=O)c2ccccc2)cc1C#N. The zero-order valence-corrected chi connectivity index (χ0v) is 16.8. The molecule has 1 N–H and O–H groups in total. The summed E-state index contributed by atoms with van der Waals surface area (Å²) in [5.74, 6) is 0.0474. The van der Waals surface area contributed by atoms with Crippen molar-refractivity contribution < 1.29 is 13.2 Å². The smallest absolute Gasteiger partial charge is 0.261 e. The van der Waals surface area contributed by atoms with Crippen molar-refractivity contribution in [2.24, 2.45) is 0 Å². The highest BCUT2D eigenvalue weighted by molar-refractivity contribution is 7.92. The number of pyridine rings is 1. The quantitative estimate of drug-likeness (QED) is 0.627. The average molecular weight is 434 g/mol. The van der Waals surface area contributed by atoms with Crippen LogP contribution in [0.3, 0.4) is 0 Å². The van der Waals surface area contributed by atoms with Crippen LogP contribution in [-0.4, -0.2) is 20.5 Å². The van der Waals surface area contributed by atoms with Gasteiger partial charge in [0.25, 0.3) is 10.0 Å². The molecule has 0 aliphatic rings. The van der Waals surface area contributed by atoms with Gasteiger partial charge in [0.15, 0.2) is 0 Å². The minimum absolute atomic E-state index is 0.0474. The van der Waals surface area contributed by atoms with E-state index in [1.54, 1.807) is 30.3 Å². The van der Waals surface area contributed by atoms with Gasteiger partial charge < -0.3 is 4.74 Å². The van der Waals surface area contributed by atoms with Crippen LogP contribution in [0, 0.1) is 11.3 Å². The third-order valence-electron chi connectivity index (χ3n) is 3.79. The van der Waals surface area contributed by atoms with E-state index < -0.39 is 10.0 Å². The molecule has 1 heterocycles. The molecule has 2 aromatic carbocycles. The summed E-state index contributed by atoms with van der Waals surface area (Å²) in [7, 11) is -2.55. The van der Waals surface area contributed by atoms with Crippen molar-refractivity contribution in [1.29, 1.82) is 5.26 Å². The first-order valence-electron chi connectivity index (χ1n) is 7.88. The van der Waals surface area contributed by atoms with Crippen LogP contribution in [0.4, 0.5) is 5.69 Å². The molecule has 0 aliphatic heterocycles. The summed E-state index contributed by atoms with van der Waals surface area (Å²) < 4.78 is 33.2.